The highest BCUT2D eigenvalue weighted by Gasteiger charge is 2.17. The number of hydrogen-bond acceptors (Lipinski definition) is 7. The fraction of sp³-hybridized carbons (Fsp3) is 0.143. The molecule has 9 nitrogen and oxygen atoms in total. The molecule has 0 heterocycles. The molecular formula is C14H13N3O6. The minimum absolute atomic E-state index is 0.0328. The number of hydrogen-bond donors (Lipinski definition) is 2. The van der Waals surface area contributed by atoms with E-state index in [1.807, 2.05) is 0 Å². The molecule has 0 aromatic heterocycles. The number of para-hydroxylation sites is 1. The molecule has 23 heavy (non-hydrogen) atoms. The monoisotopic (exact) mass is 319 g/mol. The van der Waals surface area contributed by atoms with E-state index in [9.17, 15) is 25.3 Å². The summed E-state index contributed by atoms with van der Waals surface area (Å²) in [5, 5.41) is 34.4. The van der Waals surface area contributed by atoms with Crippen LogP contribution in [0, 0.1) is 20.2 Å². The minimum atomic E-state index is -0.688. The summed E-state index contributed by atoms with van der Waals surface area (Å²) in [6.45, 7) is 0.0328. The summed E-state index contributed by atoms with van der Waals surface area (Å²) in [7, 11) is 1.41. The molecule has 0 aliphatic rings. The Kier molecular flexibility index (Phi) is 4.60. The fourth-order valence-electron chi connectivity index (χ4n) is 2.01. The number of aromatic hydroxyl groups is 1. The predicted molar refractivity (Wildman–Crippen MR) is 81.7 cm³/mol. The molecule has 0 unspecified atom stereocenters. The molecule has 0 fully saturated rings. The number of nitro groups is 2. The van der Waals surface area contributed by atoms with Crippen LogP contribution < -0.4 is 10.1 Å². The lowest BCUT2D eigenvalue weighted by Crippen LogP contribution is -2.03. The molecule has 0 radical (unpaired) electrons. The Morgan fingerprint density at radius 1 is 1.17 bits per heavy atom. The van der Waals surface area contributed by atoms with Gasteiger partial charge < -0.3 is 15.2 Å². The van der Waals surface area contributed by atoms with Gasteiger partial charge in [-0.3, -0.25) is 20.2 Å². The van der Waals surface area contributed by atoms with Gasteiger partial charge in [0.25, 0.3) is 5.69 Å². The van der Waals surface area contributed by atoms with Gasteiger partial charge in [0, 0.05) is 30.3 Å². The molecule has 0 saturated heterocycles. The summed E-state index contributed by atoms with van der Waals surface area (Å²) in [4.78, 5) is 20.4. The number of nitrogens with one attached hydrogen (secondary N) is 1. The van der Waals surface area contributed by atoms with Crippen molar-refractivity contribution >= 4 is 17.1 Å². The summed E-state index contributed by atoms with van der Waals surface area (Å²) in [6, 6.07) is 8.17. The number of rotatable bonds is 6. The number of nitro benzene ring substituents is 2. The molecule has 0 atom stereocenters. The van der Waals surface area contributed by atoms with E-state index in [1.165, 1.54) is 43.5 Å². The predicted octanol–water partition coefficient (Wildman–Crippen LogP) is 2.83. The third-order valence-corrected chi connectivity index (χ3v) is 3.16. The van der Waals surface area contributed by atoms with E-state index in [-0.39, 0.29) is 17.8 Å². The molecule has 120 valence electrons. The lowest BCUT2D eigenvalue weighted by molar-refractivity contribution is -0.386. The van der Waals surface area contributed by atoms with Crippen molar-refractivity contribution in [1.29, 1.82) is 0 Å². The highest BCUT2D eigenvalue weighted by Crippen LogP contribution is 2.32. The first-order valence-corrected chi connectivity index (χ1v) is 6.45. The first-order valence-electron chi connectivity index (χ1n) is 6.45. The molecule has 2 N–H and O–H groups in total. The number of phenolic OH excluding ortho intramolecular Hbond substituents is 1. The molecule has 0 spiro atoms. The largest absolute Gasteiger partial charge is 0.502 e. The van der Waals surface area contributed by atoms with Crippen LogP contribution in [0.5, 0.6) is 11.5 Å². The second kappa shape index (κ2) is 6.60. The highest BCUT2D eigenvalue weighted by molar-refractivity contribution is 5.62. The smallest absolute Gasteiger partial charge is 0.311 e. The third-order valence-electron chi connectivity index (χ3n) is 3.16. The molecule has 0 bridgehead atoms. The zero-order valence-electron chi connectivity index (χ0n) is 12.1. The Bertz CT molecular complexity index is 762. The molecule has 9 heteroatoms. The van der Waals surface area contributed by atoms with Gasteiger partial charge in [-0.2, -0.15) is 0 Å². The number of benzene rings is 2. The Labute approximate surface area is 130 Å². The SMILES string of the molecule is COc1ccc([N+](=O)[O-])cc1NCc1cccc([N+](=O)[O-])c1O. The van der Waals surface area contributed by atoms with E-state index in [1.54, 1.807) is 0 Å². The first kappa shape index (κ1) is 16.0. The molecule has 0 saturated carbocycles. The van der Waals surface area contributed by atoms with Crippen LogP contribution in [0.15, 0.2) is 36.4 Å². The highest BCUT2D eigenvalue weighted by atomic mass is 16.6. The van der Waals surface area contributed by atoms with E-state index in [2.05, 4.69) is 5.32 Å². The van der Waals surface area contributed by atoms with Crippen LogP contribution in [0.4, 0.5) is 17.1 Å². The van der Waals surface area contributed by atoms with Crippen molar-refractivity contribution in [2.45, 2.75) is 6.54 Å². The molecule has 0 amide bonds. The van der Waals surface area contributed by atoms with Crippen LogP contribution in [0.1, 0.15) is 5.56 Å². The van der Waals surface area contributed by atoms with Crippen LogP contribution in [0.3, 0.4) is 0 Å². The van der Waals surface area contributed by atoms with Gasteiger partial charge in [-0.25, -0.2) is 0 Å². The van der Waals surface area contributed by atoms with Crippen molar-refractivity contribution in [3.8, 4) is 11.5 Å². The normalized spacial score (nSPS) is 10.1. The lowest BCUT2D eigenvalue weighted by atomic mass is 10.1. The van der Waals surface area contributed by atoms with Crippen molar-refractivity contribution in [3.63, 3.8) is 0 Å². The maximum absolute atomic E-state index is 10.8. The van der Waals surface area contributed by atoms with Gasteiger partial charge in [0.05, 0.1) is 22.6 Å². The molecule has 2 rings (SSSR count). The van der Waals surface area contributed by atoms with Crippen molar-refractivity contribution in [1.82, 2.24) is 0 Å². The molecule has 0 aliphatic heterocycles. The molecule has 0 aliphatic carbocycles. The summed E-state index contributed by atoms with van der Waals surface area (Å²) >= 11 is 0. The Morgan fingerprint density at radius 2 is 1.91 bits per heavy atom. The van der Waals surface area contributed by atoms with Gasteiger partial charge in [0.2, 0.25) is 0 Å². The van der Waals surface area contributed by atoms with E-state index >= 15 is 0 Å². The number of ether oxygens (including phenoxy) is 1. The summed E-state index contributed by atoms with van der Waals surface area (Å²) < 4.78 is 5.10. The van der Waals surface area contributed by atoms with Gasteiger partial charge in [0.15, 0.2) is 5.75 Å². The summed E-state index contributed by atoms with van der Waals surface area (Å²) in [5.74, 6) is -0.0741. The van der Waals surface area contributed by atoms with Crippen LogP contribution in [-0.4, -0.2) is 22.1 Å². The second-order valence-electron chi connectivity index (χ2n) is 4.54. The number of anilines is 1. The van der Waals surface area contributed by atoms with Gasteiger partial charge >= 0.3 is 5.69 Å². The Balaban J connectivity index is 2.27. The molecule has 2 aromatic carbocycles. The van der Waals surface area contributed by atoms with Gasteiger partial charge in [-0.15, -0.1) is 0 Å². The standard InChI is InChI=1S/C14H13N3O6/c1-23-13-6-5-10(16(19)20)7-11(13)15-8-9-3-2-4-12(14(9)18)17(21)22/h2-7,15,18H,8H2,1H3. The average Bonchev–Trinajstić information content (AvgIpc) is 2.53. The van der Waals surface area contributed by atoms with Gasteiger partial charge in [-0.1, -0.05) is 12.1 Å². The van der Waals surface area contributed by atoms with Crippen molar-refractivity contribution in [2.75, 3.05) is 12.4 Å². The maximum Gasteiger partial charge on any atom is 0.311 e. The minimum Gasteiger partial charge on any atom is -0.502 e. The van der Waals surface area contributed by atoms with E-state index in [0.717, 1.165) is 0 Å². The first-order chi connectivity index (χ1) is 10.9. The van der Waals surface area contributed by atoms with Crippen LogP contribution in [0.25, 0.3) is 0 Å². The topological polar surface area (TPSA) is 128 Å². The zero-order chi connectivity index (χ0) is 17.0. The number of phenols is 1. The number of nitrogens with zero attached hydrogens (tertiary/aromatic N) is 2. The third kappa shape index (κ3) is 3.46. The van der Waals surface area contributed by atoms with E-state index in [0.29, 0.717) is 11.4 Å². The summed E-state index contributed by atoms with van der Waals surface area (Å²) in [5.41, 5.74) is 0.0900. The zero-order valence-corrected chi connectivity index (χ0v) is 12.1. The lowest BCUT2D eigenvalue weighted by Gasteiger charge is -2.11. The van der Waals surface area contributed by atoms with Crippen molar-refractivity contribution in [2.24, 2.45) is 0 Å². The Hall–Kier alpha value is -3.36. The second-order valence-corrected chi connectivity index (χ2v) is 4.54. The van der Waals surface area contributed by atoms with Gasteiger partial charge in [0.1, 0.15) is 5.75 Å². The maximum atomic E-state index is 10.8. The van der Waals surface area contributed by atoms with E-state index in [4.69, 9.17) is 4.74 Å². The number of methoxy groups -OCH3 is 1. The van der Waals surface area contributed by atoms with E-state index < -0.39 is 21.3 Å². The quantitative estimate of drug-likeness (QED) is 0.618. The fourth-order valence-corrected chi connectivity index (χ4v) is 2.01. The van der Waals surface area contributed by atoms with Crippen molar-refractivity contribution < 1.29 is 19.7 Å². The average molecular weight is 319 g/mol. The molecule has 2 aromatic rings. The van der Waals surface area contributed by atoms with Crippen LogP contribution in [0.2, 0.25) is 0 Å². The van der Waals surface area contributed by atoms with Gasteiger partial charge in [-0.05, 0) is 6.07 Å². The summed E-state index contributed by atoms with van der Waals surface area (Å²) in [6.07, 6.45) is 0. The number of non-ortho nitro benzene ring substituents is 1. The molecular weight excluding hydrogens is 306 g/mol. The van der Waals surface area contributed by atoms with Crippen LogP contribution >= 0.6 is 0 Å². The van der Waals surface area contributed by atoms with Crippen molar-refractivity contribution in [3.05, 3.63) is 62.2 Å². The van der Waals surface area contributed by atoms with Crippen LogP contribution in [-0.2, 0) is 6.54 Å². The Morgan fingerprint density at radius 3 is 2.52 bits per heavy atom.